The number of carbonyl (C=O) groups excluding carboxylic acids is 1. The van der Waals surface area contributed by atoms with E-state index in [1.165, 1.54) is 9.75 Å². The molecule has 0 aliphatic heterocycles. The quantitative estimate of drug-likeness (QED) is 0.439. The van der Waals surface area contributed by atoms with E-state index in [1.807, 2.05) is 22.9 Å². The molecule has 137 valence electrons. The molecule has 0 fully saturated rings. The van der Waals surface area contributed by atoms with Crippen LogP contribution in [0.15, 0.2) is 35.0 Å². The SMILES string of the molecule is CS(=O)(=O)NCCCC[C](C=O)N(Cc1cccs1)Cc1cccs1. The first kappa shape index (κ1) is 20.3. The standard InChI is InChI=1S/C17H23N2O3S3/c1-25(21,22)18-9-3-2-6-15(14-20)19(12-16-7-4-10-23-16)13-17-8-5-11-24-17/h4-5,7-8,10-11,14,18H,2-3,6,9,12-13H2,1H3. The fraction of sp³-hybridized carbons (Fsp3) is 0.412. The fourth-order valence-corrected chi connectivity index (χ4v) is 4.37. The maximum Gasteiger partial charge on any atom is 0.208 e. The average Bonchev–Trinajstić information content (AvgIpc) is 3.23. The van der Waals surface area contributed by atoms with Gasteiger partial charge in [0.05, 0.1) is 6.26 Å². The fourth-order valence-electron chi connectivity index (χ4n) is 2.42. The Labute approximate surface area is 157 Å². The van der Waals surface area contributed by atoms with Crippen molar-refractivity contribution < 1.29 is 13.2 Å². The Morgan fingerprint density at radius 1 is 1.12 bits per heavy atom. The van der Waals surface area contributed by atoms with E-state index in [0.717, 1.165) is 25.0 Å². The summed E-state index contributed by atoms with van der Waals surface area (Å²) in [6.45, 7) is 1.83. The molecule has 0 aromatic carbocycles. The van der Waals surface area contributed by atoms with Crippen LogP contribution >= 0.6 is 22.7 Å². The molecule has 0 spiro atoms. The van der Waals surface area contributed by atoms with Crippen LogP contribution in [0, 0.1) is 6.04 Å². The Balaban J connectivity index is 1.91. The summed E-state index contributed by atoms with van der Waals surface area (Å²) < 4.78 is 24.6. The average molecular weight is 400 g/mol. The number of aldehydes is 1. The maximum atomic E-state index is 11.6. The van der Waals surface area contributed by atoms with Crippen molar-refractivity contribution in [1.29, 1.82) is 0 Å². The molecular formula is C17H23N2O3S3. The molecule has 0 saturated heterocycles. The number of rotatable bonds is 12. The number of nitrogens with zero attached hydrogens (tertiary/aromatic N) is 1. The zero-order chi connectivity index (χ0) is 18.1. The summed E-state index contributed by atoms with van der Waals surface area (Å²) in [6.07, 6.45) is 4.20. The van der Waals surface area contributed by atoms with E-state index in [2.05, 4.69) is 21.8 Å². The summed E-state index contributed by atoms with van der Waals surface area (Å²) in [5.41, 5.74) is 0. The lowest BCUT2D eigenvalue weighted by molar-refractivity contribution is -0.109. The van der Waals surface area contributed by atoms with E-state index in [-0.39, 0.29) is 0 Å². The molecular weight excluding hydrogens is 376 g/mol. The molecule has 0 aliphatic rings. The van der Waals surface area contributed by atoms with Crippen molar-refractivity contribution in [3.05, 3.63) is 50.8 Å². The molecule has 0 unspecified atom stereocenters. The van der Waals surface area contributed by atoms with Crippen molar-refractivity contribution in [2.45, 2.75) is 32.4 Å². The summed E-state index contributed by atoms with van der Waals surface area (Å²) in [5, 5.41) is 4.08. The normalized spacial score (nSPS) is 12.1. The summed E-state index contributed by atoms with van der Waals surface area (Å²) in [5.74, 6) is 0. The van der Waals surface area contributed by atoms with Crippen molar-refractivity contribution in [3.8, 4) is 0 Å². The Kier molecular flexibility index (Phi) is 8.25. The Bertz CT molecular complexity index is 676. The van der Waals surface area contributed by atoms with Gasteiger partial charge in [-0.1, -0.05) is 12.1 Å². The van der Waals surface area contributed by atoms with Gasteiger partial charge in [-0.15, -0.1) is 22.7 Å². The van der Waals surface area contributed by atoms with Crippen molar-refractivity contribution >= 4 is 39.0 Å². The highest BCUT2D eigenvalue weighted by atomic mass is 32.2. The second kappa shape index (κ2) is 10.2. The van der Waals surface area contributed by atoms with Crippen LogP contribution in [-0.2, 0) is 27.9 Å². The molecule has 0 bridgehead atoms. The molecule has 1 radical (unpaired) electrons. The van der Waals surface area contributed by atoms with Gasteiger partial charge in [0.1, 0.15) is 12.3 Å². The molecule has 0 aliphatic carbocycles. The Hall–Kier alpha value is -1.06. The number of hydrogen-bond donors (Lipinski definition) is 1. The van der Waals surface area contributed by atoms with E-state index in [0.29, 0.717) is 32.5 Å². The Morgan fingerprint density at radius 3 is 2.16 bits per heavy atom. The minimum Gasteiger partial charge on any atom is -0.301 e. The molecule has 2 aromatic rings. The number of unbranched alkanes of at least 4 members (excludes halogenated alkanes) is 1. The van der Waals surface area contributed by atoms with Gasteiger partial charge >= 0.3 is 0 Å². The van der Waals surface area contributed by atoms with Gasteiger partial charge < -0.3 is 4.79 Å². The van der Waals surface area contributed by atoms with E-state index in [1.54, 1.807) is 22.7 Å². The Morgan fingerprint density at radius 2 is 1.72 bits per heavy atom. The molecule has 2 rings (SSSR count). The van der Waals surface area contributed by atoms with Crippen LogP contribution in [0.5, 0.6) is 0 Å². The number of nitrogens with one attached hydrogen (secondary N) is 1. The lowest BCUT2D eigenvalue weighted by Gasteiger charge is -2.26. The largest absolute Gasteiger partial charge is 0.301 e. The van der Waals surface area contributed by atoms with Crippen molar-refractivity contribution in [1.82, 2.24) is 9.62 Å². The minimum absolute atomic E-state index is 0.404. The zero-order valence-electron chi connectivity index (χ0n) is 14.2. The van der Waals surface area contributed by atoms with E-state index in [4.69, 9.17) is 0 Å². The van der Waals surface area contributed by atoms with Crippen LogP contribution in [0.25, 0.3) is 0 Å². The third-order valence-corrected chi connectivity index (χ3v) is 6.07. The number of carbonyl (C=O) groups is 1. The van der Waals surface area contributed by atoms with Gasteiger partial charge in [0.25, 0.3) is 0 Å². The predicted molar refractivity (Wildman–Crippen MR) is 104 cm³/mol. The summed E-state index contributed by atoms with van der Waals surface area (Å²) in [6, 6.07) is 8.94. The molecule has 2 heterocycles. The van der Waals surface area contributed by atoms with Crippen LogP contribution in [0.1, 0.15) is 29.0 Å². The molecule has 8 heteroatoms. The van der Waals surface area contributed by atoms with Gasteiger partial charge in [0.2, 0.25) is 10.0 Å². The van der Waals surface area contributed by atoms with Crippen molar-refractivity contribution in [2.75, 3.05) is 12.8 Å². The topological polar surface area (TPSA) is 66.5 Å². The van der Waals surface area contributed by atoms with E-state index >= 15 is 0 Å². The van der Waals surface area contributed by atoms with E-state index < -0.39 is 10.0 Å². The summed E-state index contributed by atoms with van der Waals surface area (Å²) in [4.78, 5) is 16.2. The second-order valence-electron chi connectivity index (χ2n) is 5.75. The molecule has 0 atom stereocenters. The third-order valence-electron chi connectivity index (χ3n) is 3.62. The number of sulfonamides is 1. The van der Waals surface area contributed by atoms with Gasteiger partial charge in [-0.3, -0.25) is 4.90 Å². The number of thiophene rings is 2. The monoisotopic (exact) mass is 399 g/mol. The van der Waals surface area contributed by atoms with Crippen LogP contribution in [0.2, 0.25) is 0 Å². The summed E-state index contributed by atoms with van der Waals surface area (Å²) >= 11 is 3.36. The molecule has 25 heavy (non-hydrogen) atoms. The van der Waals surface area contributed by atoms with Crippen LogP contribution < -0.4 is 4.72 Å². The third kappa shape index (κ3) is 7.79. The van der Waals surface area contributed by atoms with Gasteiger partial charge in [-0.2, -0.15) is 0 Å². The lowest BCUT2D eigenvalue weighted by atomic mass is 10.1. The highest BCUT2D eigenvalue weighted by Gasteiger charge is 2.20. The van der Waals surface area contributed by atoms with Crippen LogP contribution in [-0.4, -0.2) is 32.4 Å². The van der Waals surface area contributed by atoms with Gasteiger partial charge in [-0.25, -0.2) is 13.1 Å². The molecule has 2 aromatic heterocycles. The van der Waals surface area contributed by atoms with Crippen LogP contribution in [0.4, 0.5) is 0 Å². The predicted octanol–water partition coefficient (Wildman–Crippen LogP) is 3.26. The highest BCUT2D eigenvalue weighted by Crippen LogP contribution is 2.24. The van der Waals surface area contributed by atoms with Crippen LogP contribution in [0.3, 0.4) is 0 Å². The zero-order valence-corrected chi connectivity index (χ0v) is 16.6. The first-order chi connectivity index (χ1) is 12.0. The molecule has 0 amide bonds. The lowest BCUT2D eigenvalue weighted by Crippen LogP contribution is -2.29. The van der Waals surface area contributed by atoms with Gasteiger partial charge in [-0.05, 0) is 42.2 Å². The number of hydrogen-bond acceptors (Lipinski definition) is 6. The minimum atomic E-state index is -3.15. The van der Waals surface area contributed by atoms with Crippen molar-refractivity contribution in [2.24, 2.45) is 0 Å². The maximum absolute atomic E-state index is 11.6. The second-order valence-corrected chi connectivity index (χ2v) is 9.65. The molecule has 1 N–H and O–H groups in total. The van der Waals surface area contributed by atoms with E-state index in [9.17, 15) is 13.2 Å². The smallest absolute Gasteiger partial charge is 0.208 e. The van der Waals surface area contributed by atoms with Gasteiger partial charge in [0.15, 0.2) is 0 Å². The first-order valence-electron chi connectivity index (χ1n) is 8.03. The highest BCUT2D eigenvalue weighted by molar-refractivity contribution is 7.88. The van der Waals surface area contributed by atoms with Crippen molar-refractivity contribution in [3.63, 3.8) is 0 Å². The first-order valence-corrected chi connectivity index (χ1v) is 11.7. The molecule has 5 nitrogen and oxygen atoms in total. The van der Waals surface area contributed by atoms with Gasteiger partial charge in [0, 0.05) is 29.4 Å². The molecule has 0 saturated carbocycles. The summed E-state index contributed by atoms with van der Waals surface area (Å²) in [7, 11) is -3.15.